The summed E-state index contributed by atoms with van der Waals surface area (Å²) in [4.78, 5) is 13.0. The van der Waals surface area contributed by atoms with E-state index in [9.17, 15) is 5.11 Å². The summed E-state index contributed by atoms with van der Waals surface area (Å²) < 4.78 is 0. The van der Waals surface area contributed by atoms with Crippen molar-refractivity contribution in [3.63, 3.8) is 0 Å². The first-order valence-corrected chi connectivity index (χ1v) is 6.50. The van der Waals surface area contributed by atoms with Crippen molar-refractivity contribution in [1.82, 2.24) is 15.0 Å². The third kappa shape index (κ3) is 3.27. The predicted molar refractivity (Wildman–Crippen MR) is 70.5 cm³/mol. The second kappa shape index (κ2) is 5.46. The van der Waals surface area contributed by atoms with Crippen LogP contribution in [-0.2, 0) is 0 Å². The van der Waals surface area contributed by atoms with E-state index in [-0.39, 0.29) is 0 Å². The van der Waals surface area contributed by atoms with E-state index >= 15 is 0 Å². The van der Waals surface area contributed by atoms with Crippen LogP contribution in [0, 0.1) is 13.8 Å². The Hall–Kier alpha value is -1.46. The van der Waals surface area contributed by atoms with Crippen LogP contribution in [0.3, 0.4) is 0 Å². The van der Waals surface area contributed by atoms with Crippen molar-refractivity contribution in [1.29, 1.82) is 0 Å². The van der Waals surface area contributed by atoms with Crippen LogP contribution in [0.5, 0.6) is 0 Å². The summed E-state index contributed by atoms with van der Waals surface area (Å²) in [5.74, 6) is 0. The molecule has 5 heteroatoms. The van der Waals surface area contributed by atoms with Gasteiger partial charge in [0.15, 0.2) is 5.16 Å². The molecule has 0 bridgehead atoms. The Kier molecular flexibility index (Phi) is 3.93. The number of aryl methyl sites for hydroxylation is 2. The Labute approximate surface area is 111 Å². The van der Waals surface area contributed by atoms with E-state index in [1.807, 2.05) is 32.0 Å². The third-order valence-electron chi connectivity index (χ3n) is 2.40. The molecule has 0 saturated heterocycles. The molecule has 0 aromatic carbocycles. The molecule has 4 nitrogen and oxygen atoms in total. The van der Waals surface area contributed by atoms with Crippen LogP contribution in [0.25, 0.3) is 0 Å². The van der Waals surface area contributed by atoms with Crippen molar-refractivity contribution in [2.24, 2.45) is 0 Å². The van der Waals surface area contributed by atoms with Crippen molar-refractivity contribution in [2.75, 3.05) is 0 Å². The van der Waals surface area contributed by atoms with Gasteiger partial charge in [0.05, 0.1) is 6.10 Å². The summed E-state index contributed by atoms with van der Waals surface area (Å²) >= 11 is 1.42. The molecule has 2 heterocycles. The molecule has 18 heavy (non-hydrogen) atoms. The molecular formula is C13H15N3OS. The molecule has 94 valence electrons. The minimum absolute atomic E-state index is 0.492. The molecule has 0 saturated carbocycles. The SMILES string of the molecule is Cc1cc(C)nc(Sc2ccc(C(C)O)cn2)n1. The van der Waals surface area contributed by atoms with Crippen LogP contribution in [0.2, 0.25) is 0 Å². The molecule has 0 aliphatic heterocycles. The molecule has 0 aliphatic rings. The van der Waals surface area contributed by atoms with Gasteiger partial charge in [0, 0.05) is 17.6 Å². The van der Waals surface area contributed by atoms with Gasteiger partial charge in [-0.15, -0.1) is 0 Å². The van der Waals surface area contributed by atoms with E-state index in [1.54, 1.807) is 13.1 Å². The average molecular weight is 261 g/mol. The summed E-state index contributed by atoms with van der Waals surface area (Å²) in [6, 6.07) is 5.67. The van der Waals surface area contributed by atoms with Gasteiger partial charge in [-0.2, -0.15) is 0 Å². The van der Waals surface area contributed by atoms with E-state index in [2.05, 4.69) is 15.0 Å². The standard InChI is InChI=1S/C13H15N3OS/c1-8-6-9(2)16-13(15-8)18-12-5-4-11(7-14-12)10(3)17/h4-7,10,17H,1-3H3. The number of hydrogen-bond donors (Lipinski definition) is 1. The fourth-order valence-electron chi connectivity index (χ4n) is 1.53. The Morgan fingerprint density at radius 3 is 2.33 bits per heavy atom. The zero-order valence-corrected chi connectivity index (χ0v) is 11.4. The summed E-state index contributed by atoms with van der Waals surface area (Å²) in [5, 5.41) is 10.9. The molecule has 0 amide bonds. The molecule has 0 fully saturated rings. The number of aliphatic hydroxyl groups excluding tert-OH is 1. The van der Waals surface area contributed by atoms with Crippen LogP contribution in [-0.4, -0.2) is 20.1 Å². The topological polar surface area (TPSA) is 58.9 Å². The van der Waals surface area contributed by atoms with E-state index < -0.39 is 6.10 Å². The Morgan fingerprint density at radius 2 is 1.83 bits per heavy atom. The predicted octanol–water partition coefficient (Wildman–Crippen LogP) is 2.69. The lowest BCUT2D eigenvalue weighted by Gasteiger charge is -2.05. The van der Waals surface area contributed by atoms with Crippen molar-refractivity contribution < 1.29 is 5.11 Å². The van der Waals surface area contributed by atoms with Gasteiger partial charge in [-0.05, 0) is 50.2 Å². The summed E-state index contributed by atoms with van der Waals surface area (Å²) in [5.41, 5.74) is 2.71. The highest BCUT2D eigenvalue weighted by Crippen LogP contribution is 2.24. The number of rotatable bonds is 3. The van der Waals surface area contributed by atoms with Crippen molar-refractivity contribution in [3.8, 4) is 0 Å². The van der Waals surface area contributed by atoms with Crippen molar-refractivity contribution in [3.05, 3.63) is 41.3 Å². The first-order chi connectivity index (χ1) is 8.54. The average Bonchev–Trinajstić information content (AvgIpc) is 2.28. The number of aliphatic hydroxyl groups is 1. The molecule has 1 N–H and O–H groups in total. The zero-order chi connectivity index (χ0) is 13.1. The molecule has 2 aromatic heterocycles. The molecule has 0 spiro atoms. The highest BCUT2D eigenvalue weighted by molar-refractivity contribution is 7.99. The van der Waals surface area contributed by atoms with Crippen LogP contribution in [0.15, 0.2) is 34.6 Å². The van der Waals surface area contributed by atoms with Crippen molar-refractivity contribution >= 4 is 11.8 Å². The second-order valence-electron chi connectivity index (χ2n) is 4.14. The Morgan fingerprint density at radius 1 is 1.17 bits per heavy atom. The van der Waals surface area contributed by atoms with Gasteiger partial charge in [-0.1, -0.05) is 6.07 Å². The smallest absolute Gasteiger partial charge is 0.194 e. The summed E-state index contributed by atoms with van der Waals surface area (Å²) in [7, 11) is 0. The fourth-order valence-corrected chi connectivity index (χ4v) is 2.34. The lowest BCUT2D eigenvalue weighted by atomic mass is 10.2. The van der Waals surface area contributed by atoms with Crippen LogP contribution in [0.1, 0.15) is 30.0 Å². The van der Waals surface area contributed by atoms with E-state index in [0.29, 0.717) is 5.16 Å². The van der Waals surface area contributed by atoms with Gasteiger partial charge in [0.1, 0.15) is 5.03 Å². The molecule has 0 radical (unpaired) electrons. The maximum atomic E-state index is 9.41. The lowest BCUT2D eigenvalue weighted by molar-refractivity contribution is 0.198. The molecule has 2 aromatic rings. The minimum atomic E-state index is -0.492. The summed E-state index contributed by atoms with van der Waals surface area (Å²) in [6.07, 6.45) is 1.18. The quantitative estimate of drug-likeness (QED) is 0.861. The second-order valence-corrected chi connectivity index (χ2v) is 5.13. The fraction of sp³-hybridized carbons (Fsp3) is 0.308. The largest absolute Gasteiger partial charge is 0.389 e. The van der Waals surface area contributed by atoms with Gasteiger partial charge >= 0.3 is 0 Å². The number of aromatic nitrogens is 3. The van der Waals surface area contributed by atoms with Gasteiger partial charge in [-0.3, -0.25) is 0 Å². The van der Waals surface area contributed by atoms with E-state index in [0.717, 1.165) is 22.0 Å². The van der Waals surface area contributed by atoms with Gasteiger partial charge in [0.25, 0.3) is 0 Å². The highest BCUT2D eigenvalue weighted by Gasteiger charge is 2.05. The monoisotopic (exact) mass is 261 g/mol. The molecular weight excluding hydrogens is 246 g/mol. The zero-order valence-electron chi connectivity index (χ0n) is 10.6. The Bertz CT molecular complexity index is 520. The number of pyridine rings is 1. The number of nitrogens with zero attached hydrogens (tertiary/aromatic N) is 3. The number of hydrogen-bond acceptors (Lipinski definition) is 5. The lowest BCUT2D eigenvalue weighted by Crippen LogP contribution is -1.95. The minimum Gasteiger partial charge on any atom is -0.389 e. The first kappa shape index (κ1) is 13.0. The molecule has 1 atom stereocenters. The van der Waals surface area contributed by atoms with Crippen molar-refractivity contribution in [2.45, 2.75) is 37.1 Å². The highest BCUT2D eigenvalue weighted by atomic mass is 32.2. The third-order valence-corrected chi connectivity index (χ3v) is 3.22. The maximum absolute atomic E-state index is 9.41. The molecule has 1 unspecified atom stereocenters. The molecule has 2 rings (SSSR count). The first-order valence-electron chi connectivity index (χ1n) is 5.69. The summed E-state index contributed by atoms with van der Waals surface area (Å²) in [6.45, 7) is 5.61. The van der Waals surface area contributed by atoms with E-state index in [1.165, 1.54) is 11.8 Å². The van der Waals surface area contributed by atoms with Gasteiger partial charge in [0.2, 0.25) is 0 Å². The van der Waals surface area contributed by atoms with Crippen LogP contribution >= 0.6 is 11.8 Å². The van der Waals surface area contributed by atoms with E-state index in [4.69, 9.17) is 0 Å². The van der Waals surface area contributed by atoms with Gasteiger partial charge in [-0.25, -0.2) is 15.0 Å². The Balaban J connectivity index is 2.18. The van der Waals surface area contributed by atoms with Crippen LogP contribution < -0.4 is 0 Å². The van der Waals surface area contributed by atoms with Gasteiger partial charge < -0.3 is 5.11 Å². The molecule has 0 aliphatic carbocycles. The normalized spacial score (nSPS) is 12.4. The maximum Gasteiger partial charge on any atom is 0.194 e. The van der Waals surface area contributed by atoms with Crippen LogP contribution in [0.4, 0.5) is 0 Å².